The van der Waals surface area contributed by atoms with Gasteiger partial charge in [-0.2, -0.15) is 0 Å². The van der Waals surface area contributed by atoms with Gasteiger partial charge in [0.05, 0.1) is 0 Å². The number of nitrogens with zero attached hydrogens (tertiary/aromatic N) is 2. The zero-order valence-electron chi connectivity index (χ0n) is 9.93. The van der Waals surface area contributed by atoms with E-state index in [-0.39, 0.29) is 0 Å². The maximum Gasteiger partial charge on any atom is 0.192 e. The summed E-state index contributed by atoms with van der Waals surface area (Å²) in [5.74, 6) is 0.894. The normalized spacial score (nSPS) is 16.7. The fourth-order valence-corrected chi connectivity index (χ4v) is 1.34. The van der Waals surface area contributed by atoms with Crippen molar-refractivity contribution in [2.75, 3.05) is 41.3 Å². The Balaban J connectivity index is 0.000000249. The molecule has 0 amide bonds. The van der Waals surface area contributed by atoms with Crippen molar-refractivity contribution in [3.05, 3.63) is 0 Å². The van der Waals surface area contributed by atoms with E-state index in [4.69, 9.17) is 0 Å². The molecule has 1 aliphatic heterocycles. The molecular formula is C10H24N4. The molecule has 1 saturated heterocycles. The third-order valence-corrected chi connectivity index (χ3v) is 2.07. The highest BCUT2D eigenvalue weighted by Crippen LogP contribution is 1.96. The first kappa shape index (κ1) is 13.2. The van der Waals surface area contributed by atoms with Crippen LogP contribution < -0.4 is 10.6 Å². The van der Waals surface area contributed by atoms with E-state index in [9.17, 15) is 0 Å². The van der Waals surface area contributed by atoms with Crippen LogP contribution in [-0.4, -0.2) is 52.1 Å². The summed E-state index contributed by atoms with van der Waals surface area (Å²) < 4.78 is 0. The molecule has 14 heavy (non-hydrogen) atoms. The summed E-state index contributed by atoms with van der Waals surface area (Å²) in [7, 11) is 7.49. The molecule has 4 nitrogen and oxygen atoms in total. The number of hydrogen-bond acceptors (Lipinski definition) is 2. The molecule has 0 aromatic carbocycles. The largest absolute Gasteiger partial charge is 0.359 e. The Morgan fingerprint density at radius 1 is 1.21 bits per heavy atom. The van der Waals surface area contributed by atoms with Gasteiger partial charge >= 0.3 is 0 Å². The van der Waals surface area contributed by atoms with Crippen LogP contribution in [0, 0.1) is 0 Å². The number of guanidine groups is 1. The number of nitrogens with one attached hydrogen (secondary N) is 2. The summed E-state index contributed by atoms with van der Waals surface area (Å²) in [5, 5.41) is 6.21. The van der Waals surface area contributed by atoms with Gasteiger partial charge in [-0.1, -0.05) is 6.42 Å². The van der Waals surface area contributed by atoms with Gasteiger partial charge in [0, 0.05) is 28.2 Å². The minimum absolute atomic E-state index is 0.894. The van der Waals surface area contributed by atoms with Gasteiger partial charge in [0.25, 0.3) is 0 Å². The monoisotopic (exact) mass is 200 g/mol. The van der Waals surface area contributed by atoms with Crippen LogP contribution in [0.4, 0.5) is 0 Å². The molecule has 0 saturated carbocycles. The lowest BCUT2D eigenvalue weighted by Crippen LogP contribution is -2.33. The number of hydrogen-bond donors (Lipinski definition) is 2. The van der Waals surface area contributed by atoms with E-state index < -0.39 is 0 Å². The standard InChI is InChI=1S/C5H13N3.C5H11N/c1-6-5(7-2)8(3)4;1-2-4-6-5-3-1/h1-4H3,(H,6,7);6H,1-5H2. The van der Waals surface area contributed by atoms with Gasteiger partial charge in [-0.25, -0.2) is 0 Å². The van der Waals surface area contributed by atoms with Crippen molar-refractivity contribution in [1.82, 2.24) is 15.5 Å². The highest BCUT2D eigenvalue weighted by atomic mass is 15.2. The van der Waals surface area contributed by atoms with Crippen molar-refractivity contribution in [2.45, 2.75) is 19.3 Å². The lowest BCUT2D eigenvalue weighted by atomic mass is 10.2. The molecule has 0 aliphatic carbocycles. The molecule has 0 unspecified atom stereocenters. The van der Waals surface area contributed by atoms with Crippen LogP contribution in [0.15, 0.2) is 4.99 Å². The van der Waals surface area contributed by atoms with Gasteiger partial charge < -0.3 is 15.5 Å². The molecule has 0 bridgehead atoms. The van der Waals surface area contributed by atoms with E-state index in [1.807, 2.05) is 26.0 Å². The molecule has 0 aromatic rings. The van der Waals surface area contributed by atoms with Gasteiger partial charge in [0.2, 0.25) is 0 Å². The Bertz CT molecular complexity index is 139. The van der Waals surface area contributed by atoms with Crippen molar-refractivity contribution in [3.8, 4) is 0 Å². The van der Waals surface area contributed by atoms with Crippen molar-refractivity contribution in [2.24, 2.45) is 4.99 Å². The van der Waals surface area contributed by atoms with Crippen molar-refractivity contribution < 1.29 is 0 Å². The molecule has 1 rings (SSSR count). The third-order valence-electron chi connectivity index (χ3n) is 2.07. The highest BCUT2D eigenvalue weighted by Gasteiger charge is 1.93. The maximum absolute atomic E-state index is 3.94. The molecule has 0 aromatic heterocycles. The predicted octanol–water partition coefficient (Wildman–Crippen LogP) is 0.513. The molecule has 0 radical (unpaired) electrons. The first-order chi connectivity index (χ1) is 6.72. The number of piperidine rings is 1. The van der Waals surface area contributed by atoms with Crippen molar-refractivity contribution in [1.29, 1.82) is 0 Å². The summed E-state index contributed by atoms with van der Waals surface area (Å²) in [4.78, 5) is 5.85. The quantitative estimate of drug-likeness (QED) is 0.442. The topological polar surface area (TPSA) is 39.7 Å². The maximum atomic E-state index is 3.94. The van der Waals surface area contributed by atoms with E-state index in [0.717, 1.165) is 5.96 Å². The Kier molecular flexibility index (Phi) is 8.33. The SMILES string of the molecule is C1CCNCC1.CN=C(NC)N(C)C. The fourth-order valence-electron chi connectivity index (χ4n) is 1.34. The molecule has 2 N–H and O–H groups in total. The fraction of sp³-hybridized carbons (Fsp3) is 0.900. The first-order valence-corrected chi connectivity index (χ1v) is 5.25. The van der Waals surface area contributed by atoms with Gasteiger partial charge in [0.15, 0.2) is 5.96 Å². The summed E-state index contributed by atoms with van der Waals surface area (Å²) in [6.45, 7) is 2.50. The van der Waals surface area contributed by atoms with Crippen LogP contribution in [0.5, 0.6) is 0 Å². The summed E-state index contributed by atoms with van der Waals surface area (Å²) >= 11 is 0. The first-order valence-electron chi connectivity index (χ1n) is 5.25. The molecule has 84 valence electrons. The van der Waals surface area contributed by atoms with Gasteiger partial charge in [0.1, 0.15) is 0 Å². The molecule has 1 fully saturated rings. The Labute approximate surface area is 87.8 Å². The minimum atomic E-state index is 0.894. The zero-order chi connectivity index (χ0) is 10.8. The van der Waals surface area contributed by atoms with E-state index >= 15 is 0 Å². The van der Waals surface area contributed by atoms with E-state index in [2.05, 4.69) is 15.6 Å². The van der Waals surface area contributed by atoms with Gasteiger partial charge in [-0.15, -0.1) is 0 Å². The second kappa shape index (κ2) is 8.81. The average Bonchev–Trinajstić information content (AvgIpc) is 2.22. The van der Waals surface area contributed by atoms with E-state index in [1.165, 1.54) is 32.4 Å². The highest BCUT2D eigenvalue weighted by molar-refractivity contribution is 5.78. The van der Waals surface area contributed by atoms with Crippen LogP contribution in [0.2, 0.25) is 0 Å². The Hall–Kier alpha value is -0.770. The number of aliphatic imine (C=N–C) groups is 1. The molecule has 1 heterocycles. The van der Waals surface area contributed by atoms with Crippen LogP contribution in [-0.2, 0) is 0 Å². The Morgan fingerprint density at radius 3 is 1.86 bits per heavy atom. The smallest absolute Gasteiger partial charge is 0.192 e. The third kappa shape index (κ3) is 6.71. The zero-order valence-corrected chi connectivity index (χ0v) is 9.93. The minimum Gasteiger partial charge on any atom is -0.359 e. The van der Waals surface area contributed by atoms with Crippen LogP contribution in [0.3, 0.4) is 0 Å². The molecular weight excluding hydrogens is 176 g/mol. The van der Waals surface area contributed by atoms with Crippen LogP contribution in [0.1, 0.15) is 19.3 Å². The Morgan fingerprint density at radius 2 is 1.79 bits per heavy atom. The van der Waals surface area contributed by atoms with Gasteiger partial charge in [-0.3, -0.25) is 4.99 Å². The van der Waals surface area contributed by atoms with Gasteiger partial charge in [-0.05, 0) is 25.9 Å². The lowest BCUT2D eigenvalue weighted by molar-refractivity contribution is 0.520. The van der Waals surface area contributed by atoms with Crippen molar-refractivity contribution >= 4 is 5.96 Å². The lowest BCUT2D eigenvalue weighted by Gasteiger charge is -2.12. The summed E-state index contributed by atoms with van der Waals surface area (Å²) in [5.41, 5.74) is 0. The molecule has 4 heteroatoms. The summed E-state index contributed by atoms with van der Waals surface area (Å²) in [6, 6.07) is 0. The number of rotatable bonds is 0. The van der Waals surface area contributed by atoms with E-state index in [1.54, 1.807) is 7.05 Å². The van der Waals surface area contributed by atoms with Crippen molar-refractivity contribution in [3.63, 3.8) is 0 Å². The molecule has 0 spiro atoms. The molecule has 0 atom stereocenters. The van der Waals surface area contributed by atoms with Crippen LogP contribution >= 0.6 is 0 Å². The second-order valence-corrected chi connectivity index (χ2v) is 3.50. The average molecular weight is 200 g/mol. The molecule has 1 aliphatic rings. The van der Waals surface area contributed by atoms with Crippen LogP contribution in [0.25, 0.3) is 0 Å². The van der Waals surface area contributed by atoms with E-state index in [0.29, 0.717) is 0 Å². The summed E-state index contributed by atoms with van der Waals surface area (Å²) in [6.07, 6.45) is 4.22. The second-order valence-electron chi connectivity index (χ2n) is 3.50. The predicted molar refractivity (Wildman–Crippen MR) is 62.8 cm³/mol.